The Morgan fingerprint density at radius 2 is 2.20 bits per heavy atom. The van der Waals surface area contributed by atoms with Crippen molar-refractivity contribution in [2.45, 2.75) is 13.8 Å². The normalized spacial score (nSPS) is 10.5. The van der Waals surface area contributed by atoms with Crippen molar-refractivity contribution in [3.63, 3.8) is 0 Å². The zero-order chi connectivity index (χ0) is 11.0. The van der Waals surface area contributed by atoms with Crippen molar-refractivity contribution in [3.8, 4) is 11.4 Å². The molecule has 78 valence electrons. The minimum Gasteiger partial charge on any atom is -0.477 e. The summed E-state index contributed by atoms with van der Waals surface area (Å²) in [7, 11) is 0. The summed E-state index contributed by atoms with van der Waals surface area (Å²) >= 11 is 1.41. The molecule has 0 spiro atoms. The second-order valence-corrected chi connectivity index (χ2v) is 4.38. The van der Waals surface area contributed by atoms with Crippen LogP contribution in [-0.4, -0.2) is 20.4 Å². The fourth-order valence-electron chi connectivity index (χ4n) is 1.41. The molecule has 0 aromatic carbocycles. The van der Waals surface area contributed by atoms with Crippen LogP contribution in [0.25, 0.3) is 11.4 Å². The Morgan fingerprint density at radius 1 is 1.47 bits per heavy atom. The topological polar surface area (TPSA) is 66.0 Å². The molecule has 0 radical (unpaired) electrons. The van der Waals surface area contributed by atoms with Gasteiger partial charge in [-0.3, -0.25) is 0 Å². The lowest BCUT2D eigenvalue weighted by atomic mass is 10.2. The lowest BCUT2D eigenvalue weighted by Crippen LogP contribution is -1.98. The van der Waals surface area contributed by atoms with Gasteiger partial charge in [-0.1, -0.05) is 0 Å². The highest BCUT2D eigenvalue weighted by molar-refractivity contribution is 7.05. The van der Waals surface area contributed by atoms with Gasteiger partial charge in [0, 0.05) is 4.88 Å². The third kappa shape index (κ3) is 1.78. The van der Waals surface area contributed by atoms with E-state index in [9.17, 15) is 4.79 Å². The highest BCUT2D eigenvalue weighted by Crippen LogP contribution is 2.23. The van der Waals surface area contributed by atoms with Crippen LogP contribution in [0.3, 0.4) is 0 Å². The van der Waals surface area contributed by atoms with Gasteiger partial charge in [0.05, 0.1) is 5.69 Å². The van der Waals surface area contributed by atoms with E-state index in [4.69, 9.17) is 5.11 Å². The largest absolute Gasteiger partial charge is 0.477 e. The minimum atomic E-state index is -0.939. The van der Waals surface area contributed by atoms with Crippen LogP contribution < -0.4 is 0 Å². The maximum absolute atomic E-state index is 10.8. The summed E-state index contributed by atoms with van der Waals surface area (Å²) in [5, 5.41) is 8.88. The molecular weight excluding hydrogens is 212 g/mol. The molecule has 0 aliphatic rings. The van der Waals surface area contributed by atoms with E-state index in [1.807, 2.05) is 13.0 Å². The quantitative estimate of drug-likeness (QED) is 0.820. The SMILES string of the molecule is Cc1cc(-c2cc(C)c(C(=O)O)[nH]2)ns1. The van der Waals surface area contributed by atoms with Crippen LogP contribution in [0.5, 0.6) is 0 Å². The number of hydrogen-bond donors (Lipinski definition) is 2. The molecule has 0 unspecified atom stereocenters. The first kappa shape index (κ1) is 9.92. The number of aromatic nitrogens is 2. The molecule has 0 amide bonds. The fourth-order valence-corrected chi connectivity index (χ4v) is 1.97. The van der Waals surface area contributed by atoms with Crippen LogP contribution in [-0.2, 0) is 0 Å². The van der Waals surface area contributed by atoms with Crippen molar-refractivity contribution in [2.75, 3.05) is 0 Å². The van der Waals surface area contributed by atoms with Gasteiger partial charge in [-0.2, -0.15) is 4.37 Å². The molecular formula is C10H10N2O2S. The predicted octanol–water partition coefficient (Wildman–Crippen LogP) is 2.45. The number of aromatic carboxylic acids is 1. The highest BCUT2D eigenvalue weighted by atomic mass is 32.1. The molecule has 2 rings (SSSR count). The number of carboxylic acids is 1. The summed E-state index contributed by atoms with van der Waals surface area (Å²) in [6.45, 7) is 3.73. The summed E-state index contributed by atoms with van der Waals surface area (Å²) in [5.74, 6) is -0.939. The van der Waals surface area contributed by atoms with E-state index in [-0.39, 0.29) is 5.69 Å². The number of carbonyl (C=O) groups is 1. The summed E-state index contributed by atoms with van der Waals surface area (Å²) < 4.78 is 4.22. The van der Waals surface area contributed by atoms with Gasteiger partial charge < -0.3 is 10.1 Å². The van der Waals surface area contributed by atoms with Crippen LogP contribution in [0.2, 0.25) is 0 Å². The van der Waals surface area contributed by atoms with Gasteiger partial charge in [0.25, 0.3) is 0 Å². The van der Waals surface area contributed by atoms with Gasteiger partial charge in [-0.25, -0.2) is 4.79 Å². The number of aryl methyl sites for hydroxylation is 2. The van der Waals surface area contributed by atoms with Gasteiger partial charge >= 0.3 is 5.97 Å². The van der Waals surface area contributed by atoms with Crippen molar-refractivity contribution >= 4 is 17.5 Å². The van der Waals surface area contributed by atoms with E-state index in [2.05, 4.69) is 9.36 Å². The smallest absolute Gasteiger partial charge is 0.352 e. The third-order valence-electron chi connectivity index (χ3n) is 2.13. The van der Waals surface area contributed by atoms with Crippen molar-refractivity contribution in [1.82, 2.24) is 9.36 Å². The Balaban J connectivity index is 2.46. The van der Waals surface area contributed by atoms with Crippen LogP contribution in [0.4, 0.5) is 0 Å². The van der Waals surface area contributed by atoms with Gasteiger partial charge in [-0.15, -0.1) is 0 Å². The number of carboxylic acid groups (broad SMARTS) is 1. The van der Waals surface area contributed by atoms with Gasteiger partial charge in [0.15, 0.2) is 0 Å². The summed E-state index contributed by atoms with van der Waals surface area (Å²) in [5.41, 5.74) is 2.51. The Bertz CT molecular complexity index is 513. The summed E-state index contributed by atoms with van der Waals surface area (Å²) in [6.07, 6.45) is 0. The van der Waals surface area contributed by atoms with Crippen molar-refractivity contribution in [3.05, 3.63) is 28.3 Å². The molecule has 2 heterocycles. The van der Waals surface area contributed by atoms with Crippen LogP contribution in [0, 0.1) is 13.8 Å². The van der Waals surface area contributed by atoms with Gasteiger partial charge in [0.2, 0.25) is 0 Å². The number of nitrogens with one attached hydrogen (secondary N) is 1. The molecule has 2 aromatic rings. The second kappa shape index (κ2) is 3.51. The lowest BCUT2D eigenvalue weighted by Gasteiger charge is -1.90. The van der Waals surface area contributed by atoms with E-state index < -0.39 is 5.97 Å². The van der Waals surface area contributed by atoms with Gasteiger partial charge in [-0.05, 0) is 43.1 Å². The lowest BCUT2D eigenvalue weighted by molar-refractivity contribution is 0.0690. The fraction of sp³-hybridized carbons (Fsp3) is 0.200. The zero-order valence-corrected chi connectivity index (χ0v) is 9.18. The Hall–Kier alpha value is -1.62. The molecule has 0 aliphatic carbocycles. The predicted molar refractivity (Wildman–Crippen MR) is 58.3 cm³/mol. The molecule has 0 fully saturated rings. The first-order chi connectivity index (χ1) is 7.08. The molecule has 2 aromatic heterocycles. The van der Waals surface area contributed by atoms with Crippen LogP contribution >= 0.6 is 11.5 Å². The summed E-state index contributed by atoms with van der Waals surface area (Å²) in [4.78, 5) is 14.8. The average Bonchev–Trinajstić information content (AvgIpc) is 2.71. The monoisotopic (exact) mass is 222 g/mol. The number of hydrogen-bond acceptors (Lipinski definition) is 3. The molecule has 5 heteroatoms. The maximum atomic E-state index is 10.8. The van der Waals surface area contributed by atoms with Crippen molar-refractivity contribution < 1.29 is 9.90 Å². The Labute approximate surface area is 90.7 Å². The summed E-state index contributed by atoms with van der Waals surface area (Å²) in [6, 6.07) is 3.74. The highest BCUT2D eigenvalue weighted by Gasteiger charge is 2.13. The average molecular weight is 222 g/mol. The molecule has 0 saturated carbocycles. The Morgan fingerprint density at radius 3 is 2.67 bits per heavy atom. The number of aromatic amines is 1. The first-order valence-corrected chi connectivity index (χ1v) is 5.22. The van der Waals surface area contributed by atoms with Crippen molar-refractivity contribution in [2.24, 2.45) is 0 Å². The molecule has 15 heavy (non-hydrogen) atoms. The van der Waals surface area contributed by atoms with Crippen molar-refractivity contribution in [1.29, 1.82) is 0 Å². The van der Waals surface area contributed by atoms with E-state index in [0.717, 1.165) is 21.8 Å². The zero-order valence-electron chi connectivity index (χ0n) is 8.37. The number of H-pyrrole nitrogens is 1. The number of nitrogens with zero attached hydrogens (tertiary/aromatic N) is 1. The molecule has 0 bridgehead atoms. The van der Waals surface area contributed by atoms with Crippen LogP contribution in [0.15, 0.2) is 12.1 Å². The molecule has 4 nitrogen and oxygen atoms in total. The molecule has 0 aliphatic heterocycles. The van der Waals surface area contributed by atoms with Gasteiger partial charge in [0.1, 0.15) is 11.4 Å². The third-order valence-corrected chi connectivity index (χ3v) is 2.83. The molecule has 0 saturated heterocycles. The van der Waals surface area contributed by atoms with E-state index in [1.54, 1.807) is 13.0 Å². The number of rotatable bonds is 2. The first-order valence-electron chi connectivity index (χ1n) is 4.44. The molecule has 2 N–H and O–H groups in total. The van der Waals surface area contributed by atoms with Crippen LogP contribution in [0.1, 0.15) is 20.9 Å². The Kier molecular flexibility index (Phi) is 2.32. The van der Waals surface area contributed by atoms with E-state index in [0.29, 0.717) is 0 Å². The second-order valence-electron chi connectivity index (χ2n) is 3.37. The maximum Gasteiger partial charge on any atom is 0.352 e. The molecule has 0 atom stereocenters. The van der Waals surface area contributed by atoms with E-state index in [1.165, 1.54) is 11.5 Å². The van der Waals surface area contributed by atoms with E-state index >= 15 is 0 Å². The standard InChI is InChI=1S/C10H10N2O2S/c1-5-3-7(11-9(5)10(13)14)8-4-6(2)15-12-8/h3-4,11H,1-2H3,(H,13,14). The minimum absolute atomic E-state index is 0.232.